The highest BCUT2D eigenvalue weighted by Crippen LogP contribution is 2.32. The number of nitrogens with one attached hydrogen (secondary N) is 1. The number of carbonyl (C=O) groups excluding carboxylic acids is 1. The third kappa shape index (κ3) is 3.29. The number of aromatic nitrogens is 2. The van der Waals surface area contributed by atoms with Crippen molar-refractivity contribution in [2.45, 2.75) is 0 Å². The van der Waals surface area contributed by atoms with Crippen molar-refractivity contribution in [3.8, 4) is 22.7 Å². The molecule has 0 aliphatic carbocycles. The van der Waals surface area contributed by atoms with Crippen molar-refractivity contribution in [1.82, 2.24) is 9.55 Å². The second kappa shape index (κ2) is 7.11. The van der Waals surface area contributed by atoms with E-state index in [0.717, 1.165) is 0 Å². The lowest BCUT2D eigenvalue weighted by atomic mass is 10.1. The summed E-state index contributed by atoms with van der Waals surface area (Å²) in [7, 11) is 1.79. The zero-order valence-electron chi connectivity index (χ0n) is 14.8. The van der Waals surface area contributed by atoms with E-state index in [1.54, 1.807) is 42.2 Å². The minimum absolute atomic E-state index is 0.0320. The fraction of sp³-hybridized carbons (Fsp3) is 0.0476. The molecule has 2 heterocycles. The van der Waals surface area contributed by atoms with Gasteiger partial charge < -0.3 is 14.3 Å². The number of rotatable bonds is 4. The Kier molecular flexibility index (Phi) is 4.49. The summed E-state index contributed by atoms with van der Waals surface area (Å²) >= 11 is 0. The van der Waals surface area contributed by atoms with Crippen molar-refractivity contribution in [2.75, 3.05) is 5.32 Å². The number of imidazole rings is 1. The number of hydrogen-bond acceptors (Lipinski definition) is 3. The van der Waals surface area contributed by atoms with E-state index in [0.29, 0.717) is 22.7 Å². The van der Waals surface area contributed by atoms with Gasteiger partial charge in [-0.05, 0) is 48.5 Å². The third-order valence-corrected chi connectivity index (χ3v) is 4.24. The molecule has 28 heavy (non-hydrogen) atoms. The van der Waals surface area contributed by atoms with Crippen LogP contribution >= 0.6 is 0 Å². The number of nitrogens with zero attached hydrogens (tertiary/aromatic N) is 2. The molecule has 4 aromatic rings. The van der Waals surface area contributed by atoms with Crippen LogP contribution in [0.15, 0.2) is 71.4 Å². The summed E-state index contributed by atoms with van der Waals surface area (Å²) in [6.07, 6.45) is 1.61. The van der Waals surface area contributed by atoms with Crippen molar-refractivity contribution in [2.24, 2.45) is 7.05 Å². The molecule has 0 saturated carbocycles. The molecule has 4 rings (SSSR count). The summed E-state index contributed by atoms with van der Waals surface area (Å²) in [4.78, 5) is 16.7. The van der Waals surface area contributed by atoms with Gasteiger partial charge in [0.15, 0.2) is 11.5 Å². The van der Waals surface area contributed by atoms with Gasteiger partial charge >= 0.3 is 0 Å². The first kappa shape index (κ1) is 17.7. The number of aryl methyl sites for hydroxylation is 1. The molecule has 0 saturated heterocycles. The Balaban J connectivity index is 1.65. The Bertz CT molecular complexity index is 1150. The molecule has 0 radical (unpaired) electrons. The highest BCUT2D eigenvalue weighted by atomic mass is 19.1. The molecule has 1 amide bonds. The van der Waals surface area contributed by atoms with Gasteiger partial charge in [-0.3, -0.25) is 4.79 Å². The zero-order chi connectivity index (χ0) is 19.7. The Morgan fingerprint density at radius 1 is 1.04 bits per heavy atom. The number of benzene rings is 2. The number of hydrogen-bond donors (Lipinski definition) is 1. The Labute approximate surface area is 159 Å². The molecule has 0 aliphatic rings. The lowest BCUT2D eigenvalue weighted by Gasteiger charge is -2.05. The maximum Gasteiger partial charge on any atom is 0.291 e. The predicted molar refractivity (Wildman–Crippen MR) is 101 cm³/mol. The van der Waals surface area contributed by atoms with Crippen LogP contribution in [-0.4, -0.2) is 15.5 Å². The largest absolute Gasteiger partial charge is 0.449 e. The third-order valence-electron chi connectivity index (χ3n) is 4.24. The summed E-state index contributed by atoms with van der Waals surface area (Å²) in [5.74, 6) is -0.997. The van der Waals surface area contributed by atoms with E-state index in [-0.39, 0.29) is 17.3 Å². The molecular weight excluding hydrogens is 364 g/mol. The number of furan rings is 1. The molecule has 1 N–H and O–H groups in total. The van der Waals surface area contributed by atoms with E-state index in [1.807, 2.05) is 0 Å². The van der Waals surface area contributed by atoms with Crippen LogP contribution in [0.3, 0.4) is 0 Å². The predicted octanol–water partition coefficient (Wildman–Crippen LogP) is 4.88. The van der Waals surface area contributed by atoms with Gasteiger partial charge in [0.05, 0.1) is 17.7 Å². The highest BCUT2D eigenvalue weighted by molar-refractivity contribution is 6.02. The van der Waals surface area contributed by atoms with Crippen LogP contribution in [0.2, 0.25) is 0 Å². The van der Waals surface area contributed by atoms with Crippen molar-refractivity contribution in [1.29, 1.82) is 0 Å². The number of halogens is 2. The monoisotopic (exact) mass is 379 g/mol. The van der Waals surface area contributed by atoms with E-state index in [4.69, 9.17) is 4.42 Å². The van der Waals surface area contributed by atoms with Crippen LogP contribution in [0.5, 0.6) is 0 Å². The lowest BCUT2D eigenvalue weighted by Crippen LogP contribution is -2.11. The summed E-state index contributed by atoms with van der Waals surface area (Å²) in [5.41, 5.74) is 2.01. The van der Waals surface area contributed by atoms with Crippen LogP contribution in [0, 0.1) is 11.6 Å². The summed E-state index contributed by atoms with van der Waals surface area (Å²) < 4.78 is 34.4. The molecule has 7 heteroatoms. The Morgan fingerprint density at radius 3 is 2.54 bits per heavy atom. The lowest BCUT2D eigenvalue weighted by molar-refractivity contribution is 0.0997. The van der Waals surface area contributed by atoms with Gasteiger partial charge in [-0.1, -0.05) is 12.1 Å². The Morgan fingerprint density at radius 2 is 1.79 bits per heavy atom. The van der Waals surface area contributed by atoms with Crippen molar-refractivity contribution < 1.29 is 18.0 Å². The van der Waals surface area contributed by atoms with Gasteiger partial charge in [0.25, 0.3) is 5.91 Å². The van der Waals surface area contributed by atoms with Crippen molar-refractivity contribution >= 4 is 11.6 Å². The fourth-order valence-electron chi connectivity index (χ4n) is 2.87. The zero-order valence-corrected chi connectivity index (χ0v) is 14.8. The highest BCUT2D eigenvalue weighted by Gasteiger charge is 2.19. The topological polar surface area (TPSA) is 60.1 Å². The van der Waals surface area contributed by atoms with E-state index in [2.05, 4.69) is 10.3 Å². The van der Waals surface area contributed by atoms with Gasteiger partial charge in [-0.2, -0.15) is 0 Å². The molecule has 0 atom stereocenters. The van der Waals surface area contributed by atoms with Gasteiger partial charge in [0, 0.05) is 12.6 Å². The summed E-state index contributed by atoms with van der Waals surface area (Å²) in [5, 5.41) is 2.48. The number of para-hydroxylation sites is 1. The molecule has 5 nitrogen and oxygen atoms in total. The van der Waals surface area contributed by atoms with Crippen molar-refractivity contribution in [3.05, 3.63) is 84.4 Å². The van der Waals surface area contributed by atoms with Gasteiger partial charge in [-0.25, -0.2) is 13.8 Å². The minimum Gasteiger partial charge on any atom is -0.449 e. The van der Waals surface area contributed by atoms with Crippen LogP contribution in [0.25, 0.3) is 22.7 Å². The quantitative estimate of drug-likeness (QED) is 0.550. The molecule has 0 aliphatic heterocycles. The molecular formula is C21H15F2N3O2. The normalized spacial score (nSPS) is 10.8. The maximum atomic E-state index is 13.7. The Hall–Kier alpha value is -3.74. The summed E-state index contributed by atoms with van der Waals surface area (Å²) in [6, 6.07) is 15.0. The first-order chi connectivity index (χ1) is 13.5. The molecule has 2 aromatic heterocycles. The second-order valence-corrected chi connectivity index (χ2v) is 6.16. The number of amides is 1. The van der Waals surface area contributed by atoms with Crippen LogP contribution in [0.4, 0.5) is 14.5 Å². The van der Waals surface area contributed by atoms with Crippen LogP contribution < -0.4 is 5.32 Å². The van der Waals surface area contributed by atoms with Crippen LogP contribution in [-0.2, 0) is 7.05 Å². The van der Waals surface area contributed by atoms with Gasteiger partial charge in [0.1, 0.15) is 17.3 Å². The second-order valence-electron chi connectivity index (χ2n) is 6.16. The summed E-state index contributed by atoms with van der Waals surface area (Å²) in [6.45, 7) is 0. The molecule has 2 aromatic carbocycles. The maximum absolute atomic E-state index is 13.7. The smallest absolute Gasteiger partial charge is 0.291 e. The fourth-order valence-corrected chi connectivity index (χ4v) is 2.87. The number of carbonyl (C=O) groups is 1. The van der Waals surface area contributed by atoms with Gasteiger partial charge in [0.2, 0.25) is 0 Å². The first-order valence-electron chi connectivity index (χ1n) is 8.46. The number of anilines is 1. The SMILES string of the molecule is Cn1cnc(-c2ccc(F)cc2)c1-c1ccc(C(=O)Nc2ccccc2F)o1. The van der Waals surface area contributed by atoms with Gasteiger partial charge in [-0.15, -0.1) is 0 Å². The van der Waals surface area contributed by atoms with E-state index < -0.39 is 11.7 Å². The van der Waals surface area contributed by atoms with Crippen LogP contribution in [0.1, 0.15) is 10.6 Å². The first-order valence-corrected chi connectivity index (χ1v) is 8.46. The molecule has 0 bridgehead atoms. The standard InChI is InChI=1S/C21H15F2N3O2/c1-26-12-24-19(13-6-8-14(22)9-7-13)20(26)17-10-11-18(28-17)21(27)25-16-5-3-2-4-15(16)23/h2-12H,1H3,(H,25,27). The average molecular weight is 379 g/mol. The van der Waals surface area contributed by atoms with E-state index in [1.165, 1.54) is 36.4 Å². The van der Waals surface area contributed by atoms with Crippen molar-refractivity contribution in [3.63, 3.8) is 0 Å². The minimum atomic E-state index is -0.568. The molecule has 0 spiro atoms. The molecule has 140 valence electrons. The van der Waals surface area contributed by atoms with E-state index in [9.17, 15) is 13.6 Å². The van der Waals surface area contributed by atoms with E-state index >= 15 is 0 Å². The molecule has 0 fully saturated rings. The molecule has 0 unspecified atom stereocenters. The average Bonchev–Trinajstić information content (AvgIpc) is 3.31.